The van der Waals surface area contributed by atoms with Crippen molar-refractivity contribution in [3.05, 3.63) is 59.3 Å². The topological polar surface area (TPSA) is 149 Å². The van der Waals surface area contributed by atoms with Gasteiger partial charge in [0.1, 0.15) is 10.6 Å². The monoisotopic (exact) mass is 534 g/mol. The molecule has 0 aliphatic heterocycles. The third-order valence-corrected chi connectivity index (χ3v) is 6.88. The first-order valence-corrected chi connectivity index (χ1v) is 13.0. The van der Waals surface area contributed by atoms with E-state index >= 15 is 0 Å². The van der Waals surface area contributed by atoms with E-state index in [1.807, 2.05) is 25.1 Å². The molecule has 4 aromatic rings. The van der Waals surface area contributed by atoms with E-state index in [9.17, 15) is 17.6 Å². The first-order chi connectivity index (χ1) is 16.9. The number of carbonyl (C=O) groups is 1. The van der Waals surface area contributed by atoms with Crippen LogP contribution in [-0.2, 0) is 21.5 Å². The summed E-state index contributed by atoms with van der Waals surface area (Å²) in [5.41, 5.74) is 1.59. The summed E-state index contributed by atoms with van der Waals surface area (Å²) in [6.07, 6.45) is 0.364. The average Bonchev–Trinajstić information content (AvgIpc) is 3.43. The summed E-state index contributed by atoms with van der Waals surface area (Å²) < 4.78 is 52.6. The molecule has 0 saturated carbocycles. The highest BCUT2D eigenvalue weighted by molar-refractivity contribution is 7.88. The van der Waals surface area contributed by atoms with Crippen LogP contribution in [0.25, 0.3) is 21.3 Å². The normalized spacial score (nSPS) is 13.0. The summed E-state index contributed by atoms with van der Waals surface area (Å²) in [5.74, 6) is -0.624. The van der Waals surface area contributed by atoms with Crippen molar-refractivity contribution < 1.29 is 26.8 Å². The van der Waals surface area contributed by atoms with E-state index in [2.05, 4.69) is 24.9 Å². The van der Waals surface area contributed by atoms with Gasteiger partial charge in [-0.3, -0.25) is 0 Å². The number of amides is 1. The molecule has 3 aromatic heterocycles. The van der Waals surface area contributed by atoms with Gasteiger partial charge in [-0.1, -0.05) is 6.07 Å². The maximum absolute atomic E-state index is 13.1. The van der Waals surface area contributed by atoms with Gasteiger partial charge in [-0.25, -0.2) is 19.5 Å². The summed E-state index contributed by atoms with van der Waals surface area (Å²) in [5, 5.41) is 8.60. The number of pyridine rings is 1. The fourth-order valence-corrected chi connectivity index (χ4v) is 4.77. The highest BCUT2D eigenvalue weighted by Crippen LogP contribution is 2.33. The largest absolute Gasteiger partial charge is 0.443 e. The Kier molecular flexibility index (Phi) is 7.02. The van der Waals surface area contributed by atoms with Crippen LogP contribution in [0.2, 0.25) is 0 Å². The predicted octanol–water partition coefficient (Wildman–Crippen LogP) is 3.89. The van der Waals surface area contributed by atoms with Crippen LogP contribution in [0.5, 0.6) is 0 Å². The Morgan fingerprint density at radius 2 is 1.94 bits per heavy atom. The van der Waals surface area contributed by atoms with Crippen molar-refractivity contribution in [3.8, 4) is 11.1 Å². The molecule has 3 heterocycles. The van der Waals surface area contributed by atoms with Crippen molar-refractivity contribution in [1.29, 1.82) is 0 Å². The number of nitrogens with one attached hydrogen (secondary N) is 2. The van der Waals surface area contributed by atoms with E-state index in [-0.39, 0.29) is 24.2 Å². The maximum Gasteiger partial charge on any atom is 0.422 e. The summed E-state index contributed by atoms with van der Waals surface area (Å²) in [6.45, 7) is 6.35. The first-order valence-electron chi connectivity index (χ1n) is 10.7. The molecule has 1 unspecified atom stereocenters. The predicted molar refractivity (Wildman–Crippen MR) is 130 cm³/mol. The van der Waals surface area contributed by atoms with Crippen molar-refractivity contribution in [3.63, 3.8) is 0 Å². The Morgan fingerprint density at radius 1 is 1.19 bits per heavy atom. The minimum absolute atomic E-state index is 0.0126. The van der Waals surface area contributed by atoms with Gasteiger partial charge < -0.3 is 9.15 Å². The van der Waals surface area contributed by atoms with E-state index in [4.69, 9.17) is 9.15 Å². The Bertz CT molecular complexity index is 1500. The molecular weight excluding hydrogens is 511 g/mol. The molecule has 0 spiro atoms. The van der Waals surface area contributed by atoms with Gasteiger partial charge in [-0.05, 0) is 57.5 Å². The highest BCUT2D eigenvalue weighted by Gasteiger charge is 2.23. The van der Waals surface area contributed by atoms with Crippen molar-refractivity contribution in [2.24, 2.45) is 0 Å². The molecule has 0 bridgehead atoms. The van der Waals surface area contributed by atoms with Crippen LogP contribution in [0.1, 0.15) is 50.4 Å². The number of halogens is 1. The molecule has 0 fully saturated rings. The summed E-state index contributed by atoms with van der Waals surface area (Å²) in [4.78, 5) is 20.0. The minimum atomic E-state index is -4.20. The van der Waals surface area contributed by atoms with Crippen LogP contribution >= 0.6 is 11.3 Å². The molecule has 1 aromatic carbocycles. The first kappa shape index (κ1) is 25.6. The Hall–Kier alpha value is -3.49. The number of benzene rings is 1. The van der Waals surface area contributed by atoms with Gasteiger partial charge in [-0.2, -0.15) is 17.5 Å². The van der Waals surface area contributed by atoms with E-state index in [0.29, 0.717) is 0 Å². The second kappa shape index (κ2) is 9.87. The van der Waals surface area contributed by atoms with Crippen molar-refractivity contribution in [2.75, 3.05) is 0 Å². The van der Waals surface area contributed by atoms with Crippen LogP contribution in [0, 0.1) is 5.95 Å². The van der Waals surface area contributed by atoms with Crippen molar-refractivity contribution in [2.45, 2.75) is 45.8 Å². The second-order valence-electron chi connectivity index (χ2n) is 8.79. The maximum atomic E-state index is 13.1. The van der Waals surface area contributed by atoms with Gasteiger partial charge in [0.2, 0.25) is 17.7 Å². The molecule has 4 rings (SSSR count). The number of rotatable bonds is 7. The second-order valence-corrected chi connectivity index (χ2v) is 11.4. The Labute approximate surface area is 210 Å². The van der Waals surface area contributed by atoms with Crippen molar-refractivity contribution in [1.82, 2.24) is 29.6 Å². The molecule has 36 heavy (non-hydrogen) atoms. The van der Waals surface area contributed by atoms with E-state index < -0.39 is 27.9 Å². The molecule has 2 N–H and O–H groups in total. The molecule has 11 nitrogen and oxygen atoms in total. The Balaban J connectivity index is 1.43. The van der Waals surface area contributed by atoms with E-state index in [1.165, 1.54) is 23.6 Å². The van der Waals surface area contributed by atoms with Crippen molar-refractivity contribution >= 4 is 37.9 Å². The lowest BCUT2D eigenvalue weighted by molar-refractivity contribution is 0.0569. The molecule has 0 saturated heterocycles. The molecule has 0 aliphatic rings. The number of fused-ring (bicyclic) bond motifs is 1. The van der Waals surface area contributed by atoms with Crippen LogP contribution < -0.4 is 9.44 Å². The average molecular weight is 535 g/mol. The number of aromatic nitrogens is 4. The lowest BCUT2D eigenvalue weighted by Crippen LogP contribution is -2.42. The van der Waals surface area contributed by atoms with E-state index in [1.54, 1.807) is 31.6 Å². The fourth-order valence-electron chi connectivity index (χ4n) is 3.07. The van der Waals surface area contributed by atoms with Gasteiger partial charge in [0.15, 0.2) is 0 Å². The van der Waals surface area contributed by atoms with Gasteiger partial charge in [0.05, 0.1) is 22.7 Å². The zero-order valence-corrected chi connectivity index (χ0v) is 21.4. The lowest BCUT2D eigenvalue weighted by Gasteiger charge is -2.19. The molecule has 1 amide bonds. The number of thiazole rings is 1. The summed E-state index contributed by atoms with van der Waals surface area (Å²) in [6, 6.07) is 8.66. The SMILES string of the molecule is CC(c1nnc(CNS(=O)(=O)NC(=O)OC(C)(C)C)o1)c1nc2ccc(-c3ccc(F)nc3)cc2s1. The van der Waals surface area contributed by atoms with Crippen LogP contribution in [0.3, 0.4) is 0 Å². The smallest absolute Gasteiger partial charge is 0.422 e. The molecule has 0 aliphatic carbocycles. The highest BCUT2D eigenvalue weighted by atomic mass is 32.2. The van der Waals surface area contributed by atoms with Gasteiger partial charge in [0.25, 0.3) is 0 Å². The summed E-state index contributed by atoms with van der Waals surface area (Å²) in [7, 11) is -4.20. The van der Waals surface area contributed by atoms with Gasteiger partial charge >= 0.3 is 16.3 Å². The number of hydrogen-bond acceptors (Lipinski definition) is 10. The standard InChI is InChI=1S/C22H23FN6O5S2/c1-12(19-28-27-18(33-19)11-25-36(31,32)29-21(30)34-22(2,3)4)20-26-15-7-5-13(9-16(15)35-20)14-6-8-17(23)24-10-14/h5-10,12,25H,11H2,1-4H3,(H,29,30). The number of nitrogens with zero attached hydrogens (tertiary/aromatic N) is 4. The third-order valence-electron chi connectivity index (χ3n) is 4.72. The zero-order valence-electron chi connectivity index (χ0n) is 19.8. The number of hydrogen-bond donors (Lipinski definition) is 2. The molecule has 14 heteroatoms. The molecule has 190 valence electrons. The van der Waals surface area contributed by atoms with Gasteiger partial charge in [-0.15, -0.1) is 21.5 Å². The Morgan fingerprint density at radius 3 is 2.64 bits per heavy atom. The lowest BCUT2D eigenvalue weighted by atomic mass is 10.1. The van der Waals surface area contributed by atoms with E-state index in [0.717, 1.165) is 26.4 Å². The molecule has 1 atom stereocenters. The molecular formula is C22H23FN6O5S2. The number of ether oxygens (including phenoxy) is 1. The minimum Gasteiger partial charge on any atom is -0.443 e. The third kappa shape index (κ3) is 6.38. The zero-order chi connectivity index (χ0) is 26.1. The quantitative estimate of drug-likeness (QED) is 0.337. The van der Waals surface area contributed by atoms with Gasteiger partial charge in [0, 0.05) is 11.8 Å². The fraction of sp³-hybridized carbons (Fsp3) is 0.318. The number of carbonyl (C=O) groups excluding carboxylic acids is 1. The van der Waals surface area contributed by atoms with Crippen LogP contribution in [0.15, 0.2) is 40.9 Å². The summed E-state index contributed by atoms with van der Waals surface area (Å²) >= 11 is 1.44. The molecule has 0 radical (unpaired) electrons. The van der Waals surface area contributed by atoms with Crippen LogP contribution in [-0.4, -0.2) is 40.3 Å². The van der Waals surface area contributed by atoms with Crippen LogP contribution in [0.4, 0.5) is 9.18 Å².